The van der Waals surface area contributed by atoms with E-state index in [0.717, 1.165) is 11.1 Å². The molecule has 2 aromatic carbocycles. The molecule has 3 heterocycles. The van der Waals surface area contributed by atoms with Crippen LogP contribution in [0.1, 0.15) is 37.4 Å². The fraction of sp³-hybridized carbons (Fsp3) is 0.292. The summed E-state index contributed by atoms with van der Waals surface area (Å²) in [4.78, 5) is 33.9. The van der Waals surface area contributed by atoms with Crippen LogP contribution in [-0.4, -0.2) is 65.1 Å². The summed E-state index contributed by atoms with van der Waals surface area (Å²) in [6, 6.07) is 8.04. The van der Waals surface area contributed by atoms with Crippen molar-refractivity contribution in [3.8, 4) is 5.75 Å². The summed E-state index contributed by atoms with van der Waals surface area (Å²) in [6.07, 6.45) is 2.11. The summed E-state index contributed by atoms with van der Waals surface area (Å²) in [5.41, 5.74) is 3.02. The number of carbonyl (C=O) groups is 2. The molecule has 2 aliphatic heterocycles. The first kappa shape index (κ1) is 20.4. The Labute approximate surface area is 184 Å². The van der Waals surface area contributed by atoms with Crippen molar-refractivity contribution in [1.82, 2.24) is 14.8 Å². The number of aromatic hydroxyl groups is 1. The lowest BCUT2D eigenvalue weighted by atomic mass is 9.94. The Morgan fingerprint density at radius 2 is 1.91 bits per heavy atom. The first-order valence-electron chi connectivity index (χ1n) is 10.5. The van der Waals surface area contributed by atoms with Crippen LogP contribution in [0.2, 0.25) is 0 Å². The minimum absolute atomic E-state index is 0.149. The molecule has 3 aromatic rings. The summed E-state index contributed by atoms with van der Waals surface area (Å²) in [5, 5.41) is 11.4. The number of ether oxygens (including phenoxy) is 1. The van der Waals surface area contributed by atoms with Crippen molar-refractivity contribution in [3.63, 3.8) is 0 Å². The van der Waals surface area contributed by atoms with Gasteiger partial charge < -0.3 is 19.6 Å². The molecule has 8 heteroatoms. The highest BCUT2D eigenvalue weighted by Crippen LogP contribution is 2.40. The number of fused-ring (bicyclic) bond motifs is 2. The lowest BCUT2D eigenvalue weighted by Crippen LogP contribution is -2.41. The van der Waals surface area contributed by atoms with Crippen molar-refractivity contribution in [3.05, 3.63) is 70.2 Å². The topological polar surface area (TPSA) is 83.0 Å². The number of carbonyl (C=O) groups excluding carboxylic acids is 2. The van der Waals surface area contributed by atoms with Gasteiger partial charge in [-0.1, -0.05) is 12.1 Å². The Morgan fingerprint density at radius 1 is 1.19 bits per heavy atom. The van der Waals surface area contributed by atoms with Gasteiger partial charge >= 0.3 is 0 Å². The molecule has 1 saturated heterocycles. The maximum Gasteiger partial charge on any atom is 0.258 e. The van der Waals surface area contributed by atoms with E-state index in [1.54, 1.807) is 30.3 Å². The zero-order chi connectivity index (χ0) is 22.4. The lowest BCUT2D eigenvalue weighted by Gasteiger charge is -2.28. The number of rotatable bonds is 3. The van der Waals surface area contributed by atoms with Crippen LogP contribution in [0.15, 0.2) is 36.5 Å². The Bertz CT molecular complexity index is 1240. The molecule has 2 amide bonds. The van der Waals surface area contributed by atoms with E-state index in [9.17, 15) is 19.1 Å². The van der Waals surface area contributed by atoms with E-state index in [1.165, 1.54) is 17.0 Å². The zero-order valence-corrected chi connectivity index (χ0v) is 17.6. The van der Waals surface area contributed by atoms with Crippen LogP contribution in [0.25, 0.3) is 10.9 Å². The smallest absolute Gasteiger partial charge is 0.258 e. The van der Waals surface area contributed by atoms with Gasteiger partial charge in [0.2, 0.25) is 0 Å². The molecule has 2 aliphatic rings. The van der Waals surface area contributed by atoms with Crippen LogP contribution in [-0.2, 0) is 17.7 Å². The van der Waals surface area contributed by atoms with Crippen molar-refractivity contribution < 1.29 is 23.8 Å². The number of hydrogen-bond acceptors (Lipinski definition) is 5. The normalized spacial score (nSPS) is 16.0. The van der Waals surface area contributed by atoms with E-state index in [4.69, 9.17) is 4.74 Å². The molecule has 0 atom stereocenters. The summed E-state index contributed by atoms with van der Waals surface area (Å²) in [5.74, 6) is -1.03. The number of nitrogens with zero attached hydrogens (tertiary/aromatic N) is 3. The molecule has 0 radical (unpaired) electrons. The summed E-state index contributed by atoms with van der Waals surface area (Å²) in [7, 11) is 1.64. The van der Waals surface area contributed by atoms with E-state index >= 15 is 0 Å². The standard InChI is InChI=1S/C24H22FN3O4/c1-27-13-18-19(24(31)28-6-8-32-9-7-28)17-11-15(10-14-2-4-16(25)5-3-14)12-26-21(17)22(29)20(18)23(27)30/h2-5,11-12,29H,6-10,13H2,1H3. The number of hydrogen-bond donors (Lipinski definition) is 1. The minimum Gasteiger partial charge on any atom is -0.505 e. The fourth-order valence-electron chi connectivity index (χ4n) is 4.43. The molecular weight excluding hydrogens is 413 g/mol. The van der Waals surface area contributed by atoms with Gasteiger partial charge in [-0.25, -0.2) is 4.39 Å². The SMILES string of the molecule is CN1Cc2c(c(O)c3ncc(Cc4ccc(F)cc4)cc3c2C(=O)N2CCOCC2)C1=O. The highest BCUT2D eigenvalue weighted by molar-refractivity contribution is 6.15. The first-order chi connectivity index (χ1) is 15.4. The number of morpholine rings is 1. The average Bonchev–Trinajstić information content (AvgIpc) is 3.10. The van der Waals surface area contributed by atoms with Gasteiger partial charge in [0.1, 0.15) is 11.3 Å². The number of pyridine rings is 1. The lowest BCUT2D eigenvalue weighted by molar-refractivity contribution is 0.0303. The molecule has 1 fully saturated rings. The third-order valence-electron chi connectivity index (χ3n) is 6.07. The summed E-state index contributed by atoms with van der Waals surface area (Å²) in [6.45, 7) is 2.07. The van der Waals surface area contributed by atoms with Crippen molar-refractivity contribution in [2.45, 2.75) is 13.0 Å². The van der Waals surface area contributed by atoms with E-state index in [2.05, 4.69) is 4.98 Å². The van der Waals surface area contributed by atoms with Crippen LogP contribution in [0.5, 0.6) is 5.75 Å². The number of amides is 2. The number of benzene rings is 2. The van der Waals surface area contributed by atoms with Gasteiger partial charge in [-0.2, -0.15) is 0 Å². The van der Waals surface area contributed by atoms with Gasteiger partial charge in [-0.15, -0.1) is 0 Å². The molecule has 5 rings (SSSR count). The Balaban J connectivity index is 1.67. The van der Waals surface area contributed by atoms with Gasteiger partial charge in [0.05, 0.1) is 24.3 Å². The van der Waals surface area contributed by atoms with Crippen molar-refractivity contribution in [1.29, 1.82) is 0 Å². The van der Waals surface area contributed by atoms with Crippen LogP contribution in [0.3, 0.4) is 0 Å². The van der Waals surface area contributed by atoms with Gasteiger partial charge in [0, 0.05) is 43.8 Å². The second kappa shape index (κ2) is 7.87. The van der Waals surface area contributed by atoms with Gasteiger partial charge in [-0.3, -0.25) is 14.6 Å². The quantitative estimate of drug-likeness (QED) is 0.684. The maximum absolute atomic E-state index is 13.6. The highest BCUT2D eigenvalue weighted by Gasteiger charge is 2.36. The predicted octanol–water partition coefficient (Wildman–Crippen LogP) is 2.73. The van der Waals surface area contributed by atoms with E-state index < -0.39 is 0 Å². The van der Waals surface area contributed by atoms with Crippen LogP contribution < -0.4 is 0 Å². The summed E-state index contributed by atoms with van der Waals surface area (Å²) >= 11 is 0. The molecular formula is C24H22FN3O4. The van der Waals surface area contributed by atoms with Gasteiger partial charge in [0.15, 0.2) is 5.75 Å². The molecule has 0 bridgehead atoms. The molecule has 32 heavy (non-hydrogen) atoms. The van der Waals surface area contributed by atoms with E-state index in [-0.39, 0.29) is 41.0 Å². The number of aromatic nitrogens is 1. The van der Waals surface area contributed by atoms with E-state index in [0.29, 0.717) is 49.2 Å². The van der Waals surface area contributed by atoms with Crippen LogP contribution >= 0.6 is 0 Å². The zero-order valence-electron chi connectivity index (χ0n) is 17.6. The van der Waals surface area contributed by atoms with Crippen molar-refractivity contribution in [2.75, 3.05) is 33.4 Å². The Kier molecular flexibility index (Phi) is 5.01. The maximum atomic E-state index is 13.6. The largest absolute Gasteiger partial charge is 0.505 e. The molecule has 0 aliphatic carbocycles. The van der Waals surface area contributed by atoms with Crippen molar-refractivity contribution >= 4 is 22.7 Å². The molecule has 0 unspecified atom stereocenters. The average molecular weight is 435 g/mol. The van der Waals surface area contributed by atoms with E-state index in [1.807, 2.05) is 6.07 Å². The minimum atomic E-state index is -0.326. The molecule has 1 aromatic heterocycles. The predicted molar refractivity (Wildman–Crippen MR) is 115 cm³/mol. The number of phenols is 1. The van der Waals surface area contributed by atoms with Gasteiger partial charge in [-0.05, 0) is 35.7 Å². The fourth-order valence-corrected chi connectivity index (χ4v) is 4.43. The van der Waals surface area contributed by atoms with Crippen molar-refractivity contribution in [2.24, 2.45) is 0 Å². The monoisotopic (exact) mass is 435 g/mol. The Morgan fingerprint density at radius 3 is 2.62 bits per heavy atom. The van der Waals surface area contributed by atoms with Gasteiger partial charge in [0.25, 0.3) is 11.8 Å². The third-order valence-corrected chi connectivity index (χ3v) is 6.07. The second-order valence-electron chi connectivity index (χ2n) is 8.19. The molecule has 0 spiro atoms. The molecule has 164 valence electrons. The number of phenolic OH excluding ortho intramolecular Hbond substituents is 1. The van der Waals surface area contributed by atoms with Crippen LogP contribution in [0, 0.1) is 5.82 Å². The van der Waals surface area contributed by atoms with Crippen LogP contribution in [0.4, 0.5) is 4.39 Å². The molecule has 1 N–H and O–H groups in total. The first-order valence-corrected chi connectivity index (χ1v) is 10.5. The number of halogens is 1. The molecule has 0 saturated carbocycles. The molecule has 7 nitrogen and oxygen atoms in total. The third kappa shape index (κ3) is 3.36. The Hall–Kier alpha value is -3.52. The summed E-state index contributed by atoms with van der Waals surface area (Å²) < 4.78 is 18.6. The highest BCUT2D eigenvalue weighted by atomic mass is 19.1. The second-order valence-corrected chi connectivity index (χ2v) is 8.19.